The van der Waals surface area contributed by atoms with Crippen LogP contribution in [-0.2, 0) is 9.53 Å². The van der Waals surface area contributed by atoms with Crippen molar-refractivity contribution in [2.45, 2.75) is 70.0 Å². The summed E-state index contributed by atoms with van der Waals surface area (Å²) in [7, 11) is 1.47. The van der Waals surface area contributed by atoms with Gasteiger partial charge in [-0.15, -0.1) is 0 Å². The van der Waals surface area contributed by atoms with Crippen molar-refractivity contribution in [3.05, 3.63) is 29.3 Å². The van der Waals surface area contributed by atoms with Crippen molar-refractivity contribution in [3.63, 3.8) is 0 Å². The van der Waals surface area contributed by atoms with E-state index >= 15 is 0 Å². The molecule has 32 heavy (non-hydrogen) atoms. The van der Waals surface area contributed by atoms with Crippen LogP contribution in [0.15, 0.2) is 23.2 Å². The highest BCUT2D eigenvalue weighted by Crippen LogP contribution is 2.95. The van der Waals surface area contributed by atoms with Crippen LogP contribution in [0.2, 0.25) is 0 Å². The molecule has 5 nitrogen and oxygen atoms in total. The molecule has 3 saturated heterocycles. The fourth-order valence-electron chi connectivity index (χ4n) is 8.71. The third-order valence-corrected chi connectivity index (χ3v) is 10.3. The first kappa shape index (κ1) is 18.4. The van der Waals surface area contributed by atoms with Gasteiger partial charge in [0.15, 0.2) is 5.78 Å². The molecule has 0 radical (unpaired) electrons. The maximum absolute atomic E-state index is 13.1. The number of ether oxygens (including phenoxy) is 1. The van der Waals surface area contributed by atoms with E-state index in [-0.39, 0.29) is 16.9 Å². The predicted octanol–water partition coefficient (Wildman–Crippen LogP) is 4.13. The lowest BCUT2D eigenvalue weighted by Gasteiger charge is -2.46. The molecule has 7 fully saturated rings. The molecule has 9 aliphatic rings. The highest BCUT2D eigenvalue weighted by Gasteiger charge is 3.04. The second kappa shape index (κ2) is 5.06. The molecule has 166 valence electrons. The molecular formula is C27H30N2O3. The van der Waals surface area contributed by atoms with Gasteiger partial charge in [-0.3, -0.25) is 14.7 Å². The number of esters is 1. The standard InChI is InChI=1S/C27H30N2O3/c1-25(2,3)11-15(30)27-20-22(29(27)23(20)27)21-19-18-17(26(18,19)12-7-5-8-12)16-13(24(31)32-4)9-6-10-14(16)28-21/h6,9-10,12,17-20,22-23H,5,7-8,11H2,1-4H3. The van der Waals surface area contributed by atoms with E-state index in [2.05, 4.69) is 31.7 Å². The van der Waals surface area contributed by atoms with Gasteiger partial charge in [0.1, 0.15) is 5.54 Å². The first-order chi connectivity index (χ1) is 15.3. The van der Waals surface area contributed by atoms with E-state index in [1.807, 2.05) is 12.1 Å². The number of Topliss-reactive ketones (excluding diaryl/α,β-unsaturated/α-hetero) is 1. The van der Waals surface area contributed by atoms with Gasteiger partial charge in [-0.2, -0.15) is 0 Å². The third-order valence-electron chi connectivity index (χ3n) is 10.3. The largest absolute Gasteiger partial charge is 0.465 e. The fourth-order valence-corrected chi connectivity index (χ4v) is 8.71. The first-order valence-corrected chi connectivity index (χ1v) is 12.4. The Hall–Kier alpha value is -2.01. The molecule has 4 aliphatic carbocycles. The Bertz CT molecular complexity index is 1160. The summed E-state index contributed by atoms with van der Waals surface area (Å²) in [6.45, 7) is 6.47. The average Bonchev–Trinajstić information content (AvgIpc) is 3.52. The molecular weight excluding hydrogens is 400 g/mol. The number of fused-ring (bicyclic) bond motifs is 1. The Morgan fingerprint density at radius 1 is 1.19 bits per heavy atom. The maximum Gasteiger partial charge on any atom is 0.338 e. The molecule has 4 bridgehead atoms. The number of methoxy groups -OCH3 is 1. The highest BCUT2D eigenvalue weighted by molar-refractivity contribution is 6.12. The molecule has 10 rings (SSSR count). The van der Waals surface area contributed by atoms with Crippen molar-refractivity contribution in [1.82, 2.24) is 4.90 Å². The van der Waals surface area contributed by atoms with Crippen LogP contribution in [0.3, 0.4) is 0 Å². The van der Waals surface area contributed by atoms with E-state index in [4.69, 9.17) is 9.73 Å². The summed E-state index contributed by atoms with van der Waals surface area (Å²) in [5.74, 6) is 3.18. The molecule has 5 heteroatoms. The van der Waals surface area contributed by atoms with Crippen LogP contribution in [0.5, 0.6) is 0 Å². The van der Waals surface area contributed by atoms with Gasteiger partial charge in [-0.1, -0.05) is 33.3 Å². The van der Waals surface area contributed by atoms with E-state index < -0.39 is 0 Å². The zero-order valence-electron chi connectivity index (χ0n) is 19.2. The molecule has 5 heterocycles. The van der Waals surface area contributed by atoms with Crippen LogP contribution in [0.1, 0.15) is 68.3 Å². The van der Waals surface area contributed by atoms with Crippen LogP contribution >= 0.6 is 0 Å². The van der Waals surface area contributed by atoms with Gasteiger partial charge in [0.2, 0.25) is 0 Å². The normalized spacial score (nSPS) is 47.4. The van der Waals surface area contributed by atoms with Crippen molar-refractivity contribution in [2.24, 2.45) is 39.5 Å². The lowest BCUT2D eigenvalue weighted by Crippen LogP contribution is -2.61. The number of ketones is 1. The molecule has 9 unspecified atom stereocenters. The summed E-state index contributed by atoms with van der Waals surface area (Å²) in [6, 6.07) is 6.82. The predicted molar refractivity (Wildman–Crippen MR) is 119 cm³/mol. The second-order valence-electron chi connectivity index (χ2n) is 12.7. The summed E-state index contributed by atoms with van der Waals surface area (Å²) in [4.78, 5) is 33.4. The Kier molecular flexibility index (Phi) is 2.91. The fraction of sp³-hybridized carbons (Fsp3) is 0.667. The molecule has 9 atom stereocenters. The van der Waals surface area contributed by atoms with Gasteiger partial charge in [0.25, 0.3) is 0 Å². The summed E-state index contributed by atoms with van der Waals surface area (Å²) >= 11 is 0. The molecule has 1 aromatic rings. The average molecular weight is 431 g/mol. The second-order valence-corrected chi connectivity index (χ2v) is 12.7. The number of nitrogens with zero attached hydrogens (tertiary/aromatic N) is 2. The van der Waals surface area contributed by atoms with Gasteiger partial charge >= 0.3 is 5.97 Å². The third kappa shape index (κ3) is 1.72. The van der Waals surface area contributed by atoms with Gasteiger partial charge in [0.05, 0.1) is 24.4 Å². The molecule has 0 spiro atoms. The summed E-state index contributed by atoms with van der Waals surface area (Å²) < 4.78 is 5.13. The quantitative estimate of drug-likeness (QED) is 0.521. The highest BCUT2D eigenvalue weighted by atomic mass is 16.5. The lowest BCUT2D eigenvalue weighted by molar-refractivity contribution is -0.128. The van der Waals surface area contributed by atoms with Crippen LogP contribution in [-0.4, -0.2) is 47.1 Å². The van der Waals surface area contributed by atoms with Gasteiger partial charge in [-0.05, 0) is 59.1 Å². The molecule has 0 N–H and O–H groups in total. The lowest BCUT2D eigenvalue weighted by atomic mass is 9.69. The number of carbonyl (C=O) groups is 2. The molecule has 0 amide bonds. The van der Waals surface area contributed by atoms with Crippen LogP contribution in [0.25, 0.3) is 0 Å². The number of rotatable bonds is 5. The van der Waals surface area contributed by atoms with E-state index in [0.29, 0.717) is 58.9 Å². The minimum absolute atomic E-state index is 0.0489. The van der Waals surface area contributed by atoms with E-state index in [1.54, 1.807) is 0 Å². The Morgan fingerprint density at radius 2 is 1.94 bits per heavy atom. The number of carbonyl (C=O) groups excluding carboxylic acids is 2. The van der Waals surface area contributed by atoms with Crippen molar-refractivity contribution in [3.8, 4) is 0 Å². The maximum atomic E-state index is 13.1. The van der Waals surface area contributed by atoms with Crippen LogP contribution in [0, 0.1) is 34.5 Å². The van der Waals surface area contributed by atoms with Crippen molar-refractivity contribution in [1.29, 1.82) is 0 Å². The Morgan fingerprint density at radius 3 is 2.56 bits per heavy atom. The van der Waals surface area contributed by atoms with E-state index in [1.165, 1.54) is 32.1 Å². The van der Waals surface area contributed by atoms with Crippen LogP contribution in [0.4, 0.5) is 5.69 Å². The molecule has 4 saturated carbocycles. The smallest absolute Gasteiger partial charge is 0.338 e. The summed E-state index contributed by atoms with van der Waals surface area (Å²) in [5, 5.41) is 0. The molecule has 0 aromatic heterocycles. The Labute approximate surface area is 188 Å². The van der Waals surface area contributed by atoms with Crippen molar-refractivity contribution < 1.29 is 14.3 Å². The summed E-state index contributed by atoms with van der Waals surface area (Å²) in [5.41, 5.74) is 4.46. The number of hydrogen-bond donors (Lipinski definition) is 0. The van der Waals surface area contributed by atoms with Crippen LogP contribution < -0.4 is 0 Å². The molecule has 5 aliphatic heterocycles. The zero-order chi connectivity index (χ0) is 21.9. The van der Waals surface area contributed by atoms with E-state index in [0.717, 1.165) is 17.2 Å². The minimum Gasteiger partial charge on any atom is -0.465 e. The van der Waals surface area contributed by atoms with Gasteiger partial charge < -0.3 is 4.74 Å². The molecule has 1 aromatic carbocycles. The number of benzene rings is 1. The van der Waals surface area contributed by atoms with Gasteiger partial charge in [-0.25, -0.2) is 4.79 Å². The zero-order valence-corrected chi connectivity index (χ0v) is 19.2. The summed E-state index contributed by atoms with van der Waals surface area (Å²) in [6.07, 6.45) is 4.64. The first-order valence-electron chi connectivity index (χ1n) is 12.4. The monoisotopic (exact) mass is 430 g/mol. The topological polar surface area (TPSA) is 58.7 Å². The minimum atomic E-state index is -0.237. The SMILES string of the molecule is COC(=O)c1cccc2c1C1C3C(C(C4C5C6N4C56C(=O)CC(C)(C)C)=N2)C13C1CCC1. The Balaban J connectivity index is 1.16. The van der Waals surface area contributed by atoms with Gasteiger partial charge in [0, 0.05) is 30.0 Å². The van der Waals surface area contributed by atoms with Crippen molar-refractivity contribution in [2.75, 3.05) is 7.11 Å². The number of hydrogen-bond acceptors (Lipinski definition) is 5. The van der Waals surface area contributed by atoms with Crippen molar-refractivity contribution >= 4 is 23.2 Å². The van der Waals surface area contributed by atoms with E-state index in [9.17, 15) is 9.59 Å². The number of aliphatic imine (C=N–C) groups is 1.